The van der Waals surface area contributed by atoms with Crippen molar-refractivity contribution in [2.24, 2.45) is 0 Å². The molecule has 0 radical (unpaired) electrons. The summed E-state index contributed by atoms with van der Waals surface area (Å²) in [7, 11) is 0. The van der Waals surface area contributed by atoms with Crippen molar-refractivity contribution in [3.63, 3.8) is 0 Å². The molecule has 0 aromatic carbocycles. The third-order valence-corrected chi connectivity index (χ3v) is 4.29. The highest BCUT2D eigenvalue weighted by Crippen LogP contribution is 2.33. The minimum absolute atomic E-state index is 0.0324. The summed E-state index contributed by atoms with van der Waals surface area (Å²) >= 11 is 5.82. The zero-order chi connectivity index (χ0) is 21.7. The molecule has 1 amide bonds. The SMILES string of the molecule is O=C(Cc1nccc2nn(CCOc3ncc(C(F)(F)F)cc3Cl)cc12)NCCO. The Hall–Kier alpha value is -2.92. The van der Waals surface area contributed by atoms with Crippen LogP contribution in [0.25, 0.3) is 10.9 Å². The number of hydrogen-bond acceptors (Lipinski definition) is 6. The number of halogens is 4. The van der Waals surface area contributed by atoms with E-state index in [0.717, 1.165) is 6.07 Å². The summed E-state index contributed by atoms with van der Waals surface area (Å²) in [6.45, 7) is 0.334. The third kappa shape index (κ3) is 5.36. The van der Waals surface area contributed by atoms with Crippen LogP contribution in [0, 0.1) is 0 Å². The predicted octanol–water partition coefficient (Wildman–Crippen LogP) is 2.23. The first-order valence-corrected chi connectivity index (χ1v) is 9.20. The first-order valence-electron chi connectivity index (χ1n) is 8.82. The van der Waals surface area contributed by atoms with E-state index in [-0.39, 0.29) is 49.5 Å². The van der Waals surface area contributed by atoms with Gasteiger partial charge in [0, 0.05) is 30.5 Å². The summed E-state index contributed by atoms with van der Waals surface area (Å²) in [6, 6.07) is 2.45. The van der Waals surface area contributed by atoms with Crippen LogP contribution in [0.1, 0.15) is 11.3 Å². The van der Waals surface area contributed by atoms with E-state index in [0.29, 0.717) is 22.8 Å². The molecule has 0 aliphatic carbocycles. The standard InChI is InChI=1S/C18H17ClF3N5O3/c19-13-7-11(18(20,21)22)9-25-17(13)30-6-4-27-10-12-14(26-27)1-2-23-15(12)8-16(29)24-3-5-28/h1-2,7,9-10,28H,3-6,8H2,(H,24,29). The fraction of sp³-hybridized carbons (Fsp3) is 0.333. The average molecular weight is 444 g/mol. The normalized spacial score (nSPS) is 11.6. The zero-order valence-electron chi connectivity index (χ0n) is 15.5. The Morgan fingerprint density at radius 2 is 2.13 bits per heavy atom. The van der Waals surface area contributed by atoms with Crippen LogP contribution in [0.15, 0.2) is 30.7 Å². The van der Waals surface area contributed by atoms with E-state index in [9.17, 15) is 18.0 Å². The number of aromatic nitrogens is 4. The second-order valence-electron chi connectivity index (χ2n) is 6.19. The highest BCUT2D eigenvalue weighted by atomic mass is 35.5. The predicted molar refractivity (Wildman–Crippen MR) is 101 cm³/mol. The number of nitrogens with one attached hydrogen (secondary N) is 1. The summed E-state index contributed by atoms with van der Waals surface area (Å²) in [5.41, 5.74) is 0.199. The van der Waals surface area contributed by atoms with Gasteiger partial charge in [-0.25, -0.2) is 4.98 Å². The second kappa shape index (κ2) is 9.26. The van der Waals surface area contributed by atoms with Gasteiger partial charge in [-0.15, -0.1) is 0 Å². The highest BCUT2D eigenvalue weighted by molar-refractivity contribution is 6.31. The summed E-state index contributed by atoms with van der Waals surface area (Å²) in [6.07, 6.45) is -0.613. The molecule has 0 atom stereocenters. The van der Waals surface area contributed by atoms with Crippen LogP contribution in [0.4, 0.5) is 13.2 Å². The minimum atomic E-state index is -4.54. The summed E-state index contributed by atoms with van der Waals surface area (Å²) < 4.78 is 44.9. The molecule has 0 aliphatic heterocycles. The molecule has 0 spiro atoms. The molecule has 0 fully saturated rings. The molecule has 0 unspecified atom stereocenters. The Balaban J connectivity index is 1.64. The van der Waals surface area contributed by atoms with E-state index in [1.807, 2.05) is 0 Å². The lowest BCUT2D eigenvalue weighted by Crippen LogP contribution is -2.28. The van der Waals surface area contributed by atoms with Crippen molar-refractivity contribution >= 4 is 28.4 Å². The number of ether oxygens (including phenoxy) is 1. The van der Waals surface area contributed by atoms with Crippen LogP contribution in [0.3, 0.4) is 0 Å². The van der Waals surface area contributed by atoms with E-state index < -0.39 is 11.7 Å². The average Bonchev–Trinajstić information content (AvgIpc) is 3.11. The summed E-state index contributed by atoms with van der Waals surface area (Å²) in [5, 5.41) is 16.1. The highest BCUT2D eigenvalue weighted by Gasteiger charge is 2.31. The molecule has 0 saturated heterocycles. The summed E-state index contributed by atoms with van der Waals surface area (Å²) in [5.74, 6) is -0.382. The number of hydrogen-bond donors (Lipinski definition) is 2. The van der Waals surface area contributed by atoms with Crippen LogP contribution in [0.2, 0.25) is 5.02 Å². The maximum atomic E-state index is 12.7. The Bertz CT molecular complexity index is 1040. The molecular formula is C18H17ClF3N5O3. The van der Waals surface area contributed by atoms with Crippen molar-refractivity contribution in [1.29, 1.82) is 0 Å². The molecule has 3 heterocycles. The van der Waals surface area contributed by atoms with E-state index in [4.69, 9.17) is 21.4 Å². The van der Waals surface area contributed by atoms with Gasteiger partial charge in [-0.1, -0.05) is 11.6 Å². The van der Waals surface area contributed by atoms with Gasteiger partial charge >= 0.3 is 6.18 Å². The van der Waals surface area contributed by atoms with Gasteiger partial charge in [-0.3, -0.25) is 14.5 Å². The molecule has 3 rings (SSSR count). The zero-order valence-corrected chi connectivity index (χ0v) is 16.2. The maximum absolute atomic E-state index is 12.7. The first kappa shape index (κ1) is 21.8. The van der Waals surface area contributed by atoms with E-state index >= 15 is 0 Å². The monoisotopic (exact) mass is 443 g/mol. The lowest BCUT2D eigenvalue weighted by molar-refractivity contribution is -0.137. The van der Waals surface area contributed by atoms with Crippen LogP contribution < -0.4 is 10.1 Å². The second-order valence-corrected chi connectivity index (χ2v) is 6.60. The lowest BCUT2D eigenvalue weighted by Gasteiger charge is -2.10. The molecule has 0 saturated carbocycles. The Labute approximate surface area is 173 Å². The topological polar surface area (TPSA) is 102 Å². The lowest BCUT2D eigenvalue weighted by atomic mass is 10.2. The van der Waals surface area contributed by atoms with Crippen molar-refractivity contribution in [3.8, 4) is 5.88 Å². The maximum Gasteiger partial charge on any atom is 0.417 e. The van der Waals surface area contributed by atoms with Gasteiger partial charge in [0.1, 0.15) is 11.6 Å². The van der Waals surface area contributed by atoms with Crippen LogP contribution >= 0.6 is 11.6 Å². The molecule has 2 N–H and O–H groups in total. The third-order valence-electron chi connectivity index (χ3n) is 4.02. The van der Waals surface area contributed by atoms with Crippen molar-refractivity contribution < 1.29 is 27.8 Å². The van der Waals surface area contributed by atoms with Crippen LogP contribution in [0.5, 0.6) is 5.88 Å². The molecule has 0 aliphatic rings. The number of fused-ring (bicyclic) bond motifs is 1. The number of carbonyl (C=O) groups is 1. The molecule has 0 bridgehead atoms. The number of nitrogens with zero attached hydrogens (tertiary/aromatic N) is 4. The van der Waals surface area contributed by atoms with Gasteiger partial charge in [-0.05, 0) is 12.1 Å². The Morgan fingerprint density at radius 3 is 2.83 bits per heavy atom. The van der Waals surface area contributed by atoms with Crippen molar-refractivity contribution in [2.45, 2.75) is 19.1 Å². The number of pyridine rings is 2. The largest absolute Gasteiger partial charge is 0.475 e. The van der Waals surface area contributed by atoms with Gasteiger partial charge < -0.3 is 15.2 Å². The van der Waals surface area contributed by atoms with Crippen LogP contribution in [-0.2, 0) is 23.9 Å². The Morgan fingerprint density at radius 1 is 1.33 bits per heavy atom. The van der Waals surface area contributed by atoms with Gasteiger partial charge in [0.15, 0.2) is 0 Å². The first-order chi connectivity index (χ1) is 14.3. The van der Waals surface area contributed by atoms with Gasteiger partial charge in [0.2, 0.25) is 11.8 Å². The molecule has 12 heteroatoms. The van der Waals surface area contributed by atoms with Gasteiger partial charge in [-0.2, -0.15) is 18.3 Å². The molecule has 3 aromatic rings. The summed E-state index contributed by atoms with van der Waals surface area (Å²) in [4.78, 5) is 19.7. The number of aliphatic hydroxyl groups excluding tert-OH is 1. The Kier molecular flexibility index (Phi) is 6.73. The minimum Gasteiger partial charge on any atom is -0.475 e. The van der Waals surface area contributed by atoms with Crippen molar-refractivity contribution in [1.82, 2.24) is 25.1 Å². The van der Waals surface area contributed by atoms with Gasteiger partial charge in [0.25, 0.3) is 0 Å². The van der Waals surface area contributed by atoms with E-state index in [1.165, 1.54) is 6.20 Å². The van der Waals surface area contributed by atoms with E-state index in [2.05, 4.69) is 20.4 Å². The number of amides is 1. The molecule has 30 heavy (non-hydrogen) atoms. The van der Waals surface area contributed by atoms with Gasteiger partial charge in [0.05, 0.1) is 36.3 Å². The number of alkyl halides is 3. The molecule has 8 nitrogen and oxygen atoms in total. The molecule has 160 valence electrons. The van der Waals surface area contributed by atoms with Crippen molar-refractivity contribution in [2.75, 3.05) is 19.8 Å². The number of carbonyl (C=O) groups excluding carboxylic acids is 1. The number of aliphatic hydroxyl groups is 1. The van der Waals surface area contributed by atoms with Crippen LogP contribution in [-0.4, -0.2) is 50.5 Å². The fourth-order valence-corrected chi connectivity index (χ4v) is 2.86. The smallest absolute Gasteiger partial charge is 0.417 e. The van der Waals surface area contributed by atoms with Crippen molar-refractivity contribution in [3.05, 3.63) is 47.0 Å². The quantitative estimate of drug-likeness (QED) is 0.553. The number of rotatable bonds is 8. The molecule has 3 aromatic heterocycles. The fourth-order valence-electron chi connectivity index (χ4n) is 2.64. The molecular weight excluding hydrogens is 427 g/mol. The van der Waals surface area contributed by atoms with E-state index in [1.54, 1.807) is 16.9 Å².